The first kappa shape index (κ1) is 11.0. The van der Waals surface area contributed by atoms with E-state index in [9.17, 15) is 0 Å². The van der Waals surface area contributed by atoms with Crippen LogP contribution >= 0.6 is 11.3 Å². The molecule has 5 heteroatoms. The zero-order chi connectivity index (χ0) is 11.2. The minimum absolute atomic E-state index is 0.758. The van der Waals surface area contributed by atoms with E-state index in [2.05, 4.69) is 15.5 Å². The van der Waals surface area contributed by atoms with Crippen LogP contribution in [0.25, 0.3) is 6.08 Å². The normalized spacial score (nSPS) is 11.3. The number of nitrogens with one attached hydrogen (secondary N) is 1. The minimum atomic E-state index is 0.758. The Morgan fingerprint density at radius 3 is 3.12 bits per heavy atom. The van der Waals surface area contributed by atoms with Crippen LogP contribution in [0.1, 0.15) is 15.8 Å². The summed E-state index contributed by atoms with van der Waals surface area (Å²) in [7, 11) is 0. The van der Waals surface area contributed by atoms with E-state index in [4.69, 9.17) is 4.42 Å². The largest absolute Gasteiger partial charge is 0.465 e. The molecule has 2 aromatic heterocycles. The molecule has 0 amide bonds. The van der Waals surface area contributed by atoms with Gasteiger partial charge in [0.25, 0.3) is 0 Å². The average Bonchev–Trinajstić information content (AvgIpc) is 2.89. The number of nitrogens with zero attached hydrogens (tertiary/aromatic N) is 2. The zero-order valence-corrected chi connectivity index (χ0v) is 9.83. The van der Waals surface area contributed by atoms with Gasteiger partial charge in [0, 0.05) is 13.1 Å². The van der Waals surface area contributed by atoms with Crippen LogP contribution in [0.4, 0.5) is 0 Å². The second-order valence-electron chi connectivity index (χ2n) is 3.26. The second kappa shape index (κ2) is 5.58. The zero-order valence-electron chi connectivity index (χ0n) is 9.01. The molecule has 0 atom stereocenters. The van der Waals surface area contributed by atoms with Crippen LogP contribution in [-0.4, -0.2) is 16.7 Å². The molecule has 0 aliphatic heterocycles. The Kier molecular flexibility index (Phi) is 3.85. The summed E-state index contributed by atoms with van der Waals surface area (Å²) in [6.07, 6.45) is 5.63. The van der Waals surface area contributed by atoms with E-state index in [-0.39, 0.29) is 0 Å². The van der Waals surface area contributed by atoms with Gasteiger partial charge >= 0.3 is 0 Å². The van der Waals surface area contributed by atoms with Crippen LogP contribution in [-0.2, 0) is 6.54 Å². The van der Waals surface area contributed by atoms with Gasteiger partial charge in [-0.3, -0.25) is 0 Å². The van der Waals surface area contributed by atoms with Crippen molar-refractivity contribution in [3.63, 3.8) is 0 Å². The standard InChI is InChI=1S/C11H13N3OS/c1-9-13-14-11(16-9)8-12-6-2-4-10-5-3-7-15-10/h2-5,7,12H,6,8H2,1H3/b4-2+. The molecule has 0 bridgehead atoms. The van der Waals surface area contributed by atoms with Crippen molar-refractivity contribution in [2.75, 3.05) is 6.54 Å². The first-order valence-corrected chi connectivity index (χ1v) is 5.86. The molecule has 0 saturated heterocycles. The van der Waals surface area contributed by atoms with E-state index in [0.717, 1.165) is 28.9 Å². The van der Waals surface area contributed by atoms with Gasteiger partial charge in [0.1, 0.15) is 15.8 Å². The summed E-state index contributed by atoms with van der Waals surface area (Å²) in [5.41, 5.74) is 0. The number of furan rings is 1. The molecule has 0 unspecified atom stereocenters. The molecular formula is C11H13N3OS. The molecule has 1 N–H and O–H groups in total. The summed E-state index contributed by atoms with van der Waals surface area (Å²) in [4.78, 5) is 0. The van der Waals surface area contributed by atoms with Gasteiger partial charge in [0.2, 0.25) is 0 Å². The van der Waals surface area contributed by atoms with Gasteiger partial charge < -0.3 is 9.73 Å². The lowest BCUT2D eigenvalue weighted by molar-refractivity contribution is 0.556. The van der Waals surface area contributed by atoms with E-state index < -0.39 is 0 Å². The molecule has 0 aliphatic rings. The first-order chi connectivity index (χ1) is 7.84. The van der Waals surface area contributed by atoms with E-state index in [1.165, 1.54) is 0 Å². The molecule has 4 nitrogen and oxygen atoms in total. The fourth-order valence-electron chi connectivity index (χ4n) is 1.23. The van der Waals surface area contributed by atoms with Crippen LogP contribution in [0.15, 0.2) is 28.9 Å². The summed E-state index contributed by atoms with van der Waals surface area (Å²) in [6, 6.07) is 3.79. The Balaban J connectivity index is 1.69. The van der Waals surface area contributed by atoms with Crippen LogP contribution in [0, 0.1) is 6.92 Å². The summed E-state index contributed by atoms with van der Waals surface area (Å²) in [5, 5.41) is 13.3. The molecule has 0 saturated carbocycles. The molecule has 0 aliphatic carbocycles. The first-order valence-electron chi connectivity index (χ1n) is 5.04. The van der Waals surface area contributed by atoms with Crippen molar-refractivity contribution < 1.29 is 4.42 Å². The van der Waals surface area contributed by atoms with Crippen LogP contribution in [0.5, 0.6) is 0 Å². The summed E-state index contributed by atoms with van der Waals surface area (Å²) in [5.74, 6) is 0.869. The van der Waals surface area contributed by atoms with Crippen LogP contribution in [0.2, 0.25) is 0 Å². The third-order valence-electron chi connectivity index (χ3n) is 1.93. The molecular weight excluding hydrogens is 222 g/mol. The number of rotatable bonds is 5. The van der Waals surface area contributed by atoms with Crippen molar-refractivity contribution in [1.29, 1.82) is 0 Å². The maximum absolute atomic E-state index is 5.17. The number of aryl methyl sites for hydroxylation is 1. The fourth-order valence-corrected chi connectivity index (χ4v) is 1.91. The predicted molar refractivity (Wildman–Crippen MR) is 64.1 cm³/mol. The van der Waals surface area contributed by atoms with Gasteiger partial charge in [-0.15, -0.1) is 21.5 Å². The van der Waals surface area contributed by atoms with Gasteiger partial charge in [0.05, 0.1) is 6.26 Å². The van der Waals surface area contributed by atoms with Crippen LogP contribution in [0.3, 0.4) is 0 Å². The van der Waals surface area contributed by atoms with E-state index in [1.54, 1.807) is 17.6 Å². The van der Waals surface area contributed by atoms with E-state index >= 15 is 0 Å². The molecule has 0 aromatic carbocycles. The van der Waals surface area contributed by atoms with Crippen molar-refractivity contribution >= 4 is 17.4 Å². The highest BCUT2D eigenvalue weighted by molar-refractivity contribution is 7.11. The van der Waals surface area contributed by atoms with Crippen molar-refractivity contribution in [2.24, 2.45) is 0 Å². The lowest BCUT2D eigenvalue weighted by Gasteiger charge is -1.95. The smallest absolute Gasteiger partial charge is 0.131 e. The molecule has 16 heavy (non-hydrogen) atoms. The fraction of sp³-hybridized carbons (Fsp3) is 0.273. The van der Waals surface area contributed by atoms with Crippen molar-refractivity contribution in [3.8, 4) is 0 Å². The van der Waals surface area contributed by atoms with E-state index in [1.807, 2.05) is 31.2 Å². The van der Waals surface area contributed by atoms with Crippen LogP contribution < -0.4 is 5.32 Å². The predicted octanol–water partition coefficient (Wildman–Crippen LogP) is 2.24. The summed E-state index contributed by atoms with van der Waals surface area (Å²) in [6.45, 7) is 3.51. The molecule has 2 rings (SSSR count). The topological polar surface area (TPSA) is 51.0 Å². The number of hydrogen-bond donors (Lipinski definition) is 1. The monoisotopic (exact) mass is 235 g/mol. The molecule has 0 fully saturated rings. The molecule has 2 heterocycles. The maximum Gasteiger partial charge on any atom is 0.131 e. The second-order valence-corrected chi connectivity index (χ2v) is 4.53. The molecule has 0 spiro atoms. The molecule has 0 radical (unpaired) electrons. The highest BCUT2D eigenvalue weighted by Gasteiger charge is 1.97. The van der Waals surface area contributed by atoms with Crippen molar-refractivity contribution in [1.82, 2.24) is 15.5 Å². The third kappa shape index (κ3) is 3.29. The third-order valence-corrected chi connectivity index (χ3v) is 2.77. The number of hydrogen-bond acceptors (Lipinski definition) is 5. The number of aromatic nitrogens is 2. The average molecular weight is 235 g/mol. The highest BCUT2D eigenvalue weighted by atomic mass is 32.1. The molecule has 2 aromatic rings. The Hall–Kier alpha value is -1.46. The highest BCUT2D eigenvalue weighted by Crippen LogP contribution is 2.06. The van der Waals surface area contributed by atoms with Gasteiger partial charge in [0.15, 0.2) is 0 Å². The van der Waals surface area contributed by atoms with Gasteiger partial charge in [-0.25, -0.2) is 0 Å². The van der Waals surface area contributed by atoms with Gasteiger partial charge in [-0.05, 0) is 25.1 Å². The lowest BCUT2D eigenvalue weighted by Crippen LogP contribution is -2.12. The summed E-state index contributed by atoms with van der Waals surface area (Å²) < 4.78 is 5.17. The minimum Gasteiger partial charge on any atom is -0.465 e. The van der Waals surface area contributed by atoms with Crippen molar-refractivity contribution in [2.45, 2.75) is 13.5 Å². The summed E-state index contributed by atoms with van der Waals surface area (Å²) >= 11 is 1.62. The Morgan fingerprint density at radius 1 is 1.50 bits per heavy atom. The van der Waals surface area contributed by atoms with Gasteiger partial charge in [-0.2, -0.15) is 0 Å². The van der Waals surface area contributed by atoms with Gasteiger partial charge in [-0.1, -0.05) is 6.08 Å². The SMILES string of the molecule is Cc1nnc(CNC/C=C/c2ccco2)s1. The maximum atomic E-state index is 5.17. The Morgan fingerprint density at radius 2 is 2.44 bits per heavy atom. The molecule has 84 valence electrons. The Bertz CT molecular complexity index is 448. The van der Waals surface area contributed by atoms with Crippen molar-refractivity contribution in [3.05, 3.63) is 40.2 Å². The lowest BCUT2D eigenvalue weighted by atomic mass is 10.4. The van der Waals surface area contributed by atoms with E-state index in [0.29, 0.717) is 0 Å². The Labute approximate surface area is 98.0 Å². The quantitative estimate of drug-likeness (QED) is 0.807.